The van der Waals surface area contributed by atoms with Gasteiger partial charge in [0.2, 0.25) is 29.5 Å². The first-order chi connectivity index (χ1) is 38.7. The zero-order valence-electron chi connectivity index (χ0n) is 46.3. The summed E-state index contributed by atoms with van der Waals surface area (Å²) in [7, 11) is 5.57. The maximum absolute atomic E-state index is 15.2. The predicted octanol–water partition coefficient (Wildman–Crippen LogP) is 0.992. The zero-order chi connectivity index (χ0) is 58.2. The fourth-order valence-electron chi connectivity index (χ4n) is 11.3. The standard InChI is InChI=1S/C56H71N13O12/c1-30-51(74)66(3)41-25-15-16-26-42(53(76)68(5)44(32-17-7-8-18-32)55(78)80-28-39(48(71)59-30)64-47(70)38-27-58-34-21-11-12-22-35(34)61-38)67(4)52(75)31(2)60-49(72)40(29-81-56(79)45(69(6)54(41)77)33-19-9-10-20-33)65-50(73)43-46(57)63-37-24-14-13-23-36(37)62-43/h11-16,21-24,27,30-33,39-42,44-45,49,60,72H,7-10,17-20,25-26,28-29H2,1-6H3,(H2,57,63)(H,59,71)(H,64,70)(H,65,73)/b16-15-/t30-,31-,39+,40+,41-,42-,44-,45-,49?/m0/s1. The molecule has 8 rings (SSSR count). The van der Waals surface area contributed by atoms with Crippen LogP contribution in [0.1, 0.15) is 99.0 Å². The summed E-state index contributed by atoms with van der Waals surface area (Å²) in [5.41, 5.74) is 7.41. The van der Waals surface area contributed by atoms with Gasteiger partial charge in [-0.15, -0.1) is 0 Å². The van der Waals surface area contributed by atoms with Crippen LogP contribution in [-0.4, -0.2) is 194 Å². The molecule has 2 aromatic carbocycles. The van der Waals surface area contributed by atoms with Crippen LogP contribution >= 0.6 is 0 Å². The van der Waals surface area contributed by atoms with Crippen molar-refractivity contribution in [1.29, 1.82) is 0 Å². The summed E-state index contributed by atoms with van der Waals surface area (Å²) in [6.45, 7) is 1.34. The van der Waals surface area contributed by atoms with Gasteiger partial charge in [-0.3, -0.25) is 43.9 Å². The number of aliphatic hydroxyl groups is 1. The molecule has 7 amide bonds. The van der Waals surface area contributed by atoms with E-state index in [0.29, 0.717) is 47.8 Å². The molecule has 4 aliphatic rings. The number of rotatable bonds is 6. The number of nitrogens with two attached hydrogens (primary N) is 1. The number of ether oxygens (including phenoxy) is 2. The highest BCUT2D eigenvalue weighted by atomic mass is 16.5. The van der Waals surface area contributed by atoms with Crippen LogP contribution in [0, 0.1) is 11.8 Å². The number of amides is 7. The Bertz CT molecular complexity index is 3080. The van der Waals surface area contributed by atoms with Crippen LogP contribution in [0.15, 0.2) is 66.9 Å². The number of likely N-dealkylation sites (N-methyl/N-ethyl adjacent to an activating group) is 4. The number of hydrogen-bond acceptors (Lipinski definition) is 18. The quantitative estimate of drug-likeness (QED) is 0.116. The maximum atomic E-state index is 15.2. The Kier molecular flexibility index (Phi) is 18.9. The minimum Gasteiger partial charge on any atom is -0.462 e. The first-order valence-electron chi connectivity index (χ1n) is 27.4. The van der Waals surface area contributed by atoms with Crippen LogP contribution in [0.3, 0.4) is 0 Å². The average Bonchev–Trinajstić information content (AvgIpc) is 4.22. The molecular formula is C56H71N13O12. The normalized spacial score (nSPS) is 27.4. The van der Waals surface area contributed by atoms with Crippen molar-refractivity contribution in [3.63, 3.8) is 0 Å². The number of nitrogen functional groups attached to an aromatic ring is 1. The van der Waals surface area contributed by atoms with Gasteiger partial charge in [-0.1, -0.05) is 62.1 Å². The smallest absolute Gasteiger partial charge is 0.329 e. The molecule has 9 atom stereocenters. The van der Waals surface area contributed by atoms with Gasteiger partial charge in [0.25, 0.3) is 11.8 Å². The Hall–Kier alpha value is -8.19. The molecule has 25 heteroatoms. The number of aromatic nitrogens is 4. The molecule has 2 fully saturated rings. The number of para-hydroxylation sites is 4. The van der Waals surface area contributed by atoms with E-state index in [1.165, 1.54) is 58.0 Å². The Balaban J connectivity index is 1.18. The number of anilines is 1. The third kappa shape index (κ3) is 13.4. The van der Waals surface area contributed by atoms with Crippen molar-refractivity contribution in [2.24, 2.45) is 11.8 Å². The molecule has 432 valence electrons. The molecule has 1 unspecified atom stereocenters. The molecule has 2 aliphatic heterocycles. The van der Waals surface area contributed by atoms with Crippen molar-refractivity contribution in [2.45, 2.75) is 133 Å². The maximum Gasteiger partial charge on any atom is 0.329 e. The molecule has 2 bridgehead atoms. The first kappa shape index (κ1) is 58.9. The summed E-state index contributed by atoms with van der Waals surface area (Å²) >= 11 is 0. The van der Waals surface area contributed by atoms with Gasteiger partial charge in [-0.25, -0.2) is 24.5 Å². The highest BCUT2D eigenvalue weighted by Crippen LogP contribution is 2.33. The number of cyclic esters (lactones) is 2. The Morgan fingerprint density at radius 2 is 1.10 bits per heavy atom. The molecule has 0 saturated heterocycles. The van der Waals surface area contributed by atoms with Gasteiger partial charge in [0, 0.05) is 28.2 Å². The number of aliphatic hydroxyl groups excluding tert-OH is 1. The van der Waals surface area contributed by atoms with E-state index >= 15 is 9.59 Å². The van der Waals surface area contributed by atoms with Gasteiger partial charge < -0.3 is 55.9 Å². The molecule has 2 aromatic heterocycles. The largest absolute Gasteiger partial charge is 0.462 e. The van der Waals surface area contributed by atoms with Crippen LogP contribution < -0.4 is 27.0 Å². The molecule has 4 heterocycles. The molecule has 0 spiro atoms. The van der Waals surface area contributed by atoms with Gasteiger partial charge in [-0.05, 0) is 88.5 Å². The molecule has 2 aliphatic carbocycles. The highest BCUT2D eigenvalue weighted by molar-refractivity contribution is 6.00. The van der Waals surface area contributed by atoms with Crippen molar-refractivity contribution in [1.82, 2.24) is 60.8 Å². The van der Waals surface area contributed by atoms with E-state index in [2.05, 4.69) is 41.2 Å². The second-order valence-electron chi connectivity index (χ2n) is 21.4. The summed E-state index contributed by atoms with van der Waals surface area (Å²) in [6.07, 6.45) is 7.26. The van der Waals surface area contributed by atoms with E-state index in [4.69, 9.17) is 15.2 Å². The summed E-state index contributed by atoms with van der Waals surface area (Å²) in [5, 5.41) is 22.6. The van der Waals surface area contributed by atoms with Crippen LogP contribution in [0.5, 0.6) is 0 Å². The Morgan fingerprint density at radius 1 is 0.617 bits per heavy atom. The summed E-state index contributed by atoms with van der Waals surface area (Å²) in [4.78, 5) is 153. The molecule has 2 saturated carbocycles. The lowest BCUT2D eigenvalue weighted by Crippen LogP contribution is -2.61. The fourth-order valence-corrected chi connectivity index (χ4v) is 11.3. The van der Waals surface area contributed by atoms with Crippen molar-refractivity contribution in [2.75, 3.05) is 47.1 Å². The van der Waals surface area contributed by atoms with Gasteiger partial charge in [0.05, 0.1) is 34.3 Å². The highest BCUT2D eigenvalue weighted by Gasteiger charge is 2.44. The lowest BCUT2D eigenvalue weighted by atomic mass is 9.95. The van der Waals surface area contributed by atoms with Crippen LogP contribution in [0.2, 0.25) is 0 Å². The van der Waals surface area contributed by atoms with Gasteiger partial charge in [0.15, 0.2) is 11.5 Å². The number of hydrogen-bond donors (Lipinski definition) is 6. The fraction of sp³-hybridized carbons (Fsp3) is 0.518. The zero-order valence-corrected chi connectivity index (χ0v) is 46.3. The third-order valence-corrected chi connectivity index (χ3v) is 15.9. The first-order valence-corrected chi connectivity index (χ1v) is 27.4. The van der Waals surface area contributed by atoms with Gasteiger partial charge >= 0.3 is 11.9 Å². The monoisotopic (exact) mass is 1120 g/mol. The lowest BCUT2D eigenvalue weighted by Gasteiger charge is -2.38. The number of carbonyl (C=O) groups is 9. The van der Waals surface area contributed by atoms with E-state index in [0.717, 1.165) is 35.5 Å². The van der Waals surface area contributed by atoms with Crippen LogP contribution in [-0.2, 0) is 43.0 Å². The summed E-state index contributed by atoms with van der Waals surface area (Å²) < 4.78 is 11.8. The second-order valence-corrected chi connectivity index (χ2v) is 21.4. The molecule has 0 radical (unpaired) electrons. The SMILES string of the molecule is C[C@@H]1NC(=O)[C@H](NC(=O)c2cnc3ccccc3n2)COC(=O)[C@H](C2CCCC2)N(C)C(=O)[C@@H]2C/C=C\C[C@@H](C(=O)N(C)[C@@H](C3CCCC3)C(=O)OC[C@@H](NC(=O)c3nc4ccccc4nc3N)C(O)N[C@@H](C)C(=O)N2C)N(C)C1=O. The number of nitrogens with one attached hydrogen (secondary N) is 4. The van der Waals surface area contributed by atoms with Gasteiger partial charge in [-0.2, -0.15) is 0 Å². The number of esters is 2. The number of carbonyl (C=O) groups excluding carboxylic acids is 9. The molecule has 4 aromatic rings. The molecule has 81 heavy (non-hydrogen) atoms. The van der Waals surface area contributed by atoms with Crippen LogP contribution in [0.4, 0.5) is 5.82 Å². The minimum atomic E-state index is -1.83. The van der Waals surface area contributed by atoms with E-state index in [-0.39, 0.29) is 30.0 Å². The molecule has 7 N–H and O–H groups in total. The molecule has 25 nitrogen and oxygen atoms in total. The second kappa shape index (κ2) is 25.9. The third-order valence-electron chi connectivity index (χ3n) is 15.9. The van der Waals surface area contributed by atoms with Crippen molar-refractivity contribution in [3.8, 4) is 0 Å². The lowest BCUT2D eigenvalue weighted by molar-refractivity contribution is -0.161. The van der Waals surface area contributed by atoms with Crippen molar-refractivity contribution >= 4 is 81.2 Å². The topological polar surface area (TPSA) is 331 Å². The predicted molar refractivity (Wildman–Crippen MR) is 293 cm³/mol. The van der Waals surface area contributed by atoms with Crippen molar-refractivity contribution < 1.29 is 57.7 Å². The average molecular weight is 1120 g/mol. The van der Waals surface area contributed by atoms with E-state index in [1.807, 2.05) is 0 Å². The Labute approximate surface area is 468 Å². The molecular weight excluding hydrogens is 1050 g/mol. The Morgan fingerprint density at radius 3 is 1.64 bits per heavy atom. The van der Waals surface area contributed by atoms with E-state index < -0.39 is 133 Å². The number of nitrogens with zero attached hydrogens (tertiary/aromatic N) is 8. The van der Waals surface area contributed by atoms with Crippen molar-refractivity contribution in [3.05, 3.63) is 78.3 Å². The van der Waals surface area contributed by atoms with E-state index in [1.54, 1.807) is 60.7 Å². The summed E-state index contributed by atoms with van der Waals surface area (Å²) in [5.74, 6) is -8.41. The van der Waals surface area contributed by atoms with E-state index in [9.17, 15) is 38.7 Å². The number of fused-ring (bicyclic) bond motifs is 6. The minimum absolute atomic E-state index is 0.164. The number of benzene rings is 2. The van der Waals surface area contributed by atoms with Gasteiger partial charge in [0.1, 0.15) is 67.4 Å². The summed E-state index contributed by atoms with van der Waals surface area (Å²) in [6, 6.07) is 2.55. The van der Waals surface area contributed by atoms with Crippen LogP contribution in [0.25, 0.3) is 22.1 Å².